The van der Waals surface area contributed by atoms with E-state index in [0.29, 0.717) is 62.8 Å². The Bertz CT molecular complexity index is 7270. The number of aryl methyl sites for hydroxylation is 1. The first-order chi connectivity index (χ1) is 74.4. The minimum absolute atomic E-state index is 0. The predicted molar refractivity (Wildman–Crippen MR) is 655 cm³/mol. The molecule has 800 valence electrons. The first-order valence-corrected chi connectivity index (χ1v) is 79.1. The molecule has 0 aliphatic carbocycles. The summed E-state index contributed by atoms with van der Waals surface area (Å²) in [7, 11) is -11.0. The molecule has 1 atom stereocenters. The minimum Gasteiger partial charge on any atom is -0.305 e. The van der Waals surface area contributed by atoms with Gasteiger partial charge in [-0.3, -0.25) is 0 Å². The van der Waals surface area contributed by atoms with E-state index in [0.717, 1.165) is 57.9 Å². The number of unbranched alkanes of at least 4 members (excludes halogenated alkanes) is 1. The van der Waals surface area contributed by atoms with Crippen LogP contribution in [0.5, 0.6) is 0 Å². The number of rotatable bonds is 24. The molecule has 0 bridgehead atoms. The van der Waals surface area contributed by atoms with Crippen LogP contribution in [0.3, 0.4) is 0 Å². The fraction of sp³-hybridized carbons (Fsp3) is 0.323. The normalized spacial score (nSPS) is 13.0. The summed E-state index contributed by atoms with van der Waals surface area (Å²) in [5.74, 6) is 1.85. The van der Waals surface area contributed by atoms with Gasteiger partial charge < -0.3 is 39.9 Å². The first-order valence-electron chi connectivity index (χ1n) is 58.1. The fourth-order valence-electron chi connectivity index (χ4n) is 15.6. The molecule has 150 heavy (non-hydrogen) atoms. The molecule has 0 amide bonds. The van der Waals surface area contributed by atoms with Crippen molar-refractivity contribution in [1.29, 1.82) is 0 Å². The molecule has 8 aromatic heterocycles. The minimum atomic E-state index is -1.43. The molecule has 8 heterocycles. The molecular weight excluding hydrogens is 2670 g/mol. The van der Waals surface area contributed by atoms with Crippen LogP contribution in [0.25, 0.3) is 90.1 Å². The van der Waals surface area contributed by atoms with Crippen molar-refractivity contribution in [2.75, 3.05) is 0 Å². The Morgan fingerprint density at radius 3 is 0.827 bits per heavy atom. The third-order valence-corrected chi connectivity index (χ3v) is 40.7. The van der Waals surface area contributed by atoms with Gasteiger partial charge in [-0.15, -0.1) is 287 Å². The zero-order valence-electron chi connectivity index (χ0n) is 109. The van der Waals surface area contributed by atoms with Crippen LogP contribution in [0.15, 0.2) is 316 Å². The van der Waals surface area contributed by atoms with Crippen molar-refractivity contribution in [3.8, 4) is 90.1 Å². The Morgan fingerprint density at radius 2 is 0.553 bits per heavy atom. The van der Waals surface area contributed by atoms with Crippen LogP contribution in [0.1, 0.15) is 123 Å². The SMILES string of the molecule is CC(C)(C)Cc1cc(-c2[c-]cccc2)ncc1[Si](C)(C)C.CC(C)C(C)c1cc(-c2[c-]cccc2)ncc1[Si](C)(C)C.CC(C)Cc1cc(-c2[c-]cccc2)ncc1[Si](C)(C)C.CCCCc1cc(-c2[c-]cccc2)ncc1[Si](C)(C)C.[2H]c1[c-]c(-c2ccc([Si](C)(C)C)cn2)c([2H])c([2H])c1[2H].[2H]c1[c-]c(-c2ccc([Si](C)(C)C)cn2)c([2H])c([2H])c1[2H].[2H]c1[c-]c(-c2ccc([Si](C)(C)C)cn2)cc([2H])c1[2H].[2H]c1[c-]c(-c2ccc([Si](C)(C)C)cn2)cc([2H])c1[2H].[Ir].[Ir].[Ir].[Ir]. The number of pyridine rings is 8. The van der Waals surface area contributed by atoms with Crippen molar-refractivity contribution < 1.29 is 99.6 Å². The summed E-state index contributed by atoms with van der Waals surface area (Å²) in [4.78, 5) is 36.3. The molecule has 0 N–H and O–H groups in total. The smallest absolute Gasteiger partial charge is 0.0799 e. The third-order valence-electron chi connectivity index (χ3n) is 24.4. The molecule has 8 aromatic carbocycles. The Morgan fingerprint density at radius 1 is 0.280 bits per heavy atom. The molecule has 0 aliphatic heterocycles. The summed E-state index contributed by atoms with van der Waals surface area (Å²) in [5, 5.41) is 10.9. The van der Waals surface area contributed by atoms with E-state index >= 15 is 0 Å². The molecule has 16 rings (SSSR count). The molecule has 1 unspecified atom stereocenters. The maximum absolute atomic E-state index is 7.89. The monoisotopic (exact) mass is 2850 g/mol. The molecule has 0 spiro atoms. The van der Waals surface area contributed by atoms with E-state index in [4.69, 9.17) is 29.2 Å². The van der Waals surface area contributed by atoms with Crippen molar-refractivity contribution in [2.45, 2.75) is 257 Å². The summed E-state index contributed by atoms with van der Waals surface area (Å²) in [6.07, 6.45) is 21.7. The largest absolute Gasteiger partial charge is 0.305 e. The number of nitrogens with zero attached hydrogens (tertiary/aromatic N) is 8. The molecule has 8 nitrogen and oxygen atoms in total. The Balaban J connectivity index is 0.000000327. The van der Waals surface area contributed by atoms with Gasteiger partial charge in [-0.25, -0.2) is 0 Å². The molecule has 0 aliphatic rings. The number of aromatic nitrogens is 8. The van der Waals surface area contributed by atoms with E-state index in [1.54, 1.807) is 24.5 Å². The number of hydrogen-bond acceptors (Lipinski definition) is 8. The maximum Gasteiger partial charge on any atom is 0.0799 e. The summed E-state index contributed by atoms with van der Waals surface area (Å²) < 4.78 is 107. The van der Waals surface area contributed by atoms with E-state index in [1.807, 2.05) is 109 Å². The molecule has 16 aromatic rings. The summed E-state index contributed by atoms with van der Waals surface area (Å²) in [6, 6.07) is 82.3. The molecule has 20 heteroatoms. The quantitative estimate of drug-likeness (QED) is 0.0435. The zero-order chi connectivity index (χ0) is 119. The summed E-state index contributed by atoms with van der Waals surface area (Å²) in [5.41, 5.74) is 19.0. The second-order valence-corrected chi connectivity index (χ2v) is 87.8. The van der Waals surface area contributed by atoms with Gasteiger partial charge in [0.1, 0.15) is 0 Å². The third kappa shape index (κ3) is 43.2. The molecule has 0 saturated carbocycles. The van der Waals surface area contributed by atoms with Gasteiger partial charge >= 0.3 is 0 Å². The fourth-order valence-corrected chi connectivity index (χ4v) is 26.1. The van der Waals surface area contributed by atoms with Crippen LogP contribution in [0.2, 0.25) is 157 Å². The van der Waals surface area contributed by atoms with E-state index < -0.39 is 64.6 Å². The topological polar surface area (TPSA) is 103 Å². The van der Waals surface area contributed by atoms with Gasteiger partial charge in [-0.05, 0) is 144 Å². The van der Waals surface area contributed by atoms with Gasteiger partial charge in [0.25, 0.3) is 0 Å². The van der Waals surface area contributed by atoms with Crippen LogP contribution in [0.4, 0.5) is 0 Å². The summed E-state index contributed by atoms with van der Waals surface area (Å²) >= 11 is 0. The van der Waals surface area contributed by atoms with Gasteiger partial charge in [0.05, 0.1) is 64.6 Å². The number of hydrogen-bond donors (Lipinski definition) is 0. The zero-order valence-corrected chi connectivity index (χ0v) is 112. The van der Waals surface area contributed by atoms with E-state index in [9.17, 15) is 0 Å². The molecule has 0 fully saturated rings. The predicted octanol–water partition coefficient (Wildman–Crippen LogP) is 30.6. The average Bonchev–Trinajstić information content (AvgIpc) is 0.786. The first kappa shape index (κ1) is 110. The Hall–Kier alpha value is -8.71. The van der Waals surface area contributed by atoms with Gasteiger partial charge in [-0.2, -0.15) is 0 Å². The van der Waals surface area contributed by atoms with Crippen molar-refractivity contribution >= 4 is 106 Å². The van der Waals surface area contributed by atoms with E-state index in [1.165, 1.54) is 95.1 Å². The molecular formula is C130H164Ir4N8Si8-8. The van der Waals surface area contributed by atoms with Crippen molar-refractivity contribution in [3.05, 3.63) is 387 Å². The van der Waals surface area contributed by atoms with E-state index in [2.05, 4.69) is 383 Å². The van der Waals surface area contributed by atoms with Gasteiger partial charge in [0.2, 0.25) is 0 Å². The van der Waals surface area contributed by atoms with Crippen LogP contribution in [0, 0.1) is 65.8 Å². The second-order valence-electron chi connectivity index (χ2n) is 47.3. The van der Waals surface area contributed by atoms with Crippen LogP contribution in [-0.2, 0) is 99.7 Å². The van der Waals surface area contributed by atoms with Gasteiger partial charge in [0, 0.05) is 141 Å². The molecule has 4 radical (unpaired) electrons. The maximum atomic E-state index is 7.89. The van der Waals surface area contributed by atoms with Crippen LogP contribution >= 0.6 is 0 Å². The number of benzene rings is 8. The van der Waals surface area contributed by atoms with Gasteiger partial charge in [0.15, 0.2) is 0 Å². The standard InChI is InChI=1S/2C19H26NSi.2C18H24NSi.4C14H16NSi.4Ir/c1-19(2,3)13-16-12-17(15-10-8-7-9-11-15)20-14-18(16)21(4,5)6;1-14(2)15(3)17-12-18(16-10-8-7-9-11-16)20-13-19(17)21(4,5)6;1-14(2)11-16-12-17(15-9-7-6-8-10-15)19-13-18(16)20(3,4)5;1-5-6-10-16-13-17(15-11-8-7-9-12-15)19-14-18(16)20(2,3)4;4*1-16(2,3)13-9-10-14(15-11-13)12-7-5-4-6-8-12;;;;/h7-10,12,14H,13H2,1-6H3;7-10,12-15H,1-6H3;6-9,12-14H,11H2,1-5H3;7-9,11,13-14H,5-6,10H2,1-4H3;4*4-7,9-11H,1-3H3;;;;/q8*-1;;;;/i;;;;2*4D,5D,6D,7D;2*4D,5D,6D;;;;. The Labute approximate surface area is 988 Å². The second kappa shape index (κ2) is 61.0. The Kier molecular flexibility index (Phi) is 44.5. The summed E-state index contributed by atoms with van der Waals surface area (Å²) in [6.45, 7) is 76.3. The van der Waals surface area contributed by atoms with Crippen LogP contribution in [-0.4, -0.2) is 104 Å². The van der Waals surface area contributed by atoms with E-state index in [-0.39, 0.29) is 170 Å². The van der Waals surface area contributed by atoms with Crippen molar-refractivity contribution in [3.63, 3.8) is 0 Å². The molecule has 0 saturated heterocycles. The van der Waals surface area contributed by atoms with Crippen molar-refractivity contribution in [2.24, 2.45) is 17.3 Å². The van der Waals surface area contributed by atoms with Gasteiger partial charge in [-0.1, -0.05) is 321 Å². The van der Waals surface area contributed by atoms with Crippen LogP contribution < -0.4 is 41.5 Å². The average molecular weight is 2850 g/mol. The van der Waals surface area contributed by atoms with Crippen molar-refractivity contribution in [1.82, 2.24) is 39.9 Å².